The maximum absolute atomic E-state index is 12.7. The van der Waals surface area contributed by atoms with Gasteiger partial charge in [0.25, 0.3) is 5.91 Å². The number of carbonyl (C=O) groups excluding carboxylic acids is 1. The summed E-state index contributed by atoms with van der Waals surface area (Å²) in [5.41, 5.74) is 1.81. The van der Waals surface area contributed by atoms with Gasteiger partial charge in [0.1, 0.15) is 23.0 Å². The first-order chi connectivity index (χ1) is 12.5. The fourth-order valence-electron chi connectivity index (χ4n) is 2.57. The first-order valence-electron chi connectivity index (χ1n) is 7.91. The highest BCUT2D eigenvalue weighted by molar-refractivity contribution is 6.30. The van der Waals surface area contributed by atoms with Gasteiger partial charge in [-0.05, 0) is 49.4 Å². The second-order valence-electron chi connectivity index (χ2n) is 5.61. The van der Waals surface area contributed by atoms with Gasteiger partial charge in [0, 0.05) is 16.7 Å². The van der Waals surface area contributed by atoms with Gasteiger partial charge in [0.2, 0.25) is 0 Å². The molecule has 3 aromatic rings. The first-order valence-corrected chi connectivity index (χ1v) is 8.29. The Morgan fingerprint density at radius 1 is 1.04 bits per heavy atom. The Balaban J connectivity index is 1.88. The standard InChI is InChI=1S/C20H18ClNO4/c1-12-16(11-19(26-12)13-4-6-14(21)7-5-13)20(23)22-17-10-15(24-2)8-9-18(17)25-3/h4-11H,1-3H3,(H,22,23). The smallest absolute Gasteiger partial charge is 0.259 e. The van der Waals surface area contributed by atoms with Crippen molar-refractivity contribution in [3.8, 4) is 22.8 Å². The number of methoxy groups -OCH3 is 2. The van der Waals surface area contributed by atoms with Gasteiger partial charge < -0.3 is 19.2 Å². The van der Waals surface area contributed by atoms with Crippen molar-refractivity contribution in [2.45, 2.75) is 6.92 Å². The van der Waals surface area contributed by atoms with Crippen molar-refractivity contribution in [2.24, 2.45) is 0 Å². The highest BCUT2D eigenvalue weighted by Crippen LogP contribution is 2.31. The number of hydrogen-bond acceptors (Lipinski definition) is 4. The summed E-state index contributed by atoms with van der Waals surface area (Å²) in [5, 5.41) is 3.48. The molecule has 134 valence electrons. The molecular formula is C20H18ClNO4. The highest BCUT2D eigenvalue weighted by Gasteiger charge is 2.18. The van der Waals surface area contributed by atoms with Crippen LogP contribution in [0.4, 0.5) is 5.69 Å². The van der Waals surface area contributed by atoms with E-state index in [1.54, 1.807) is 57.5 Å². The first kappa shape index (κ1) is 17.9. The van der Waals surface area contributed by atoms with Crippen LogP contribution in [-0.2, 0) is 0 Å². The molecule has 1 heterocycles. The summed E-state index contributed by atoms with van der Waals surface area (Å²) in [4.78, 5) is 12.7. The van der Waals surface area contributed by atoms with Crippen LogP contribution in [-0.4, -0.2) is 20.1 Å². The van der Waals surface area contributed by atoms with Crippen LogP contribution in [0.25, 0.3) is 11.3 Å². The molecule has 0 aliphatic rings. The van der Waals surface area contributed by atoms with Crippen molar-refractivity contribution in [3.05, 3.63) is 64.9 Å². The normalized spacial score (nSPS) is 10.5. The number of nitrogens with one attached hydrogen (secondary N) is 1. The molecule has 0 spiro atoms. The summed E-state index contributed by atoms with van der Waals surface area (Å²) in [6.45, 7) is 1.75. The Kier molecular flexibility index (Phi) is 5.19. The topological polar surface area (TPSA) is 60.7 Å². The average Bonchev–Trinajstić information content (AvgIpc) is 3.04. The maximum atomic E-state index is 12.7. The number of anilines is 1. The molecule has 0 atom stereocenters. The Hall–Kier alpha value is -2.92. The quantitative estimate of drug-likeness (QED) is 0.671. The van der Waals surface area contributed by atoms with Crippen LogP contribution < -0.4 is 14.8 Å². The molecule has 6 heteroatoms. The van der Waals surface area contributed by atoms with Crippen LogP contribution in [0.2, 0.25) is 5.02 Å². The summed E-state index contributed by atoms with van der Waals surface area (Å²) >= 11 is 5.91. The lowest BCUT2D eigenvalue weighted by atomic mass is 10.1. The molecule has 0 bridgehead atoms. The number of benzene rings is 2. The number of furan rings is 1. The Morgan fingerprint density at radius 3 is 2.42 bits per heavy atom. The molecule has 3 rings (SSSR count). The number of ether oxygens (including phenoxy) is 2. The van der Waals surface area contributed by atoms with E-state index in [1.165, 1.54) is 0 Å². The van der Waals surface area contributed by atoms with Crippen LogP contribution in [0.1, 0.15) is 16.1 Å². The van der Waals surface area contributed by atoms with E-state index in [1.807, 2.05) is 12.1 Å². The van der Waals surface area contributed by atoms with E-state index in [9.17, 15) is 4.79 Å². The van der Waals surface area contributed by atoms with Crippen LogP contribution in [0, 0.1) is 6.92 Å². The predicted octanol–water partition coefficient (Wildman–Crippen LogP) is 5.18. The zero-order valence-electron chi connectivity index (χ0n) is 14.6. The van der Waals surface area contributed by atoms with Gasteiger partial charge in [0.05, 0.1) is 25.5 Å². The molecule has 0 fully saturated rings. The zero-order valence-corrected chi connectivity index (χ0v) is 15.4. The minimum atomic E-state index is -0.294. The molecular weight excluding hydrogens is 354 g/mol. The molecule has 1 amide bonds. The summed E-state index contributed by atoms with van der Waals surface area (Å²) in [7, 11) is 3.10. The molecule has 1 aromatic heterocycles. The van der Waals surface area contributed by atoms with E-state index >= 15 is 0 Å². The lowest BCUT2D eigenvalue weighted by Gasteiger charge is -2.11. The second-order valence-corrected chi connectivity index (χ2v) is 6.04. The van der Waals surface area contributed by atoms with E-state index in [0.29, 0.717) is 39.3 Å². The van der Waals surface area contributed by atoms with Crippen molar-refractivity contribution >= 4 is 23.2 Å². The fourth-order valence-corrected chi connectivity index (χ4v) is 2.69. The lowest BCUT2D eigenvalue weighted by Crippen LogP contribution is -2.13. The number of rotatable bonds is 5. The largest absolute Gasteiger partial charge is 0.497 e. The van der Waals surface area contributed by atoms with Crippen LogP contribution in [0.5, 0.6) is 11.5 Å². The second kappa shape index (κ2) is 7.54. The molecule has 0 radical (unpaired) electrons. The third-order valence-corrected chi connectivity index (χ3v) is 4.20. The van der Waals surface area contributed by atoms with Gasteiger partial charge in [-0.25, -0.2) is 0 Å². The van der Waals surface area contributed by atoms with Crippen molar-refractivity contribution < 1.29 is 18.7 Å². The van der Waals surface area contributed by atoms with Gasteiger partial charge in [-0.2, -0.15) is 0 Å². The number of amides is 1. The van der Waals surface area contributed by atoms with E-state index in [-0.39, 0.29) is 5.91 Å². The van der Waals surface area contributed by atoms with E-state index in [2.05, 4.69) is 5.32 Å². The minimum Gasteiger partial charge on any atom is -0.497 e. The summed E-state index contributed by atoms with van der Waals surface area (Å²) in [6.07, 6.45) is 0. The molecule has 2 aromatic carbocycles. The van der Waals surface area contributed by atoms with Gasteiger partial charge >= 0.3 is 0 Å². The van der Waals surface area contributed by atoms with Crippen molar-refractivity contribution in [3.63, 3.8) is 0 Å². The van der Waals surface area contributed by atoms with Crippen molar-refractivity contribution in [1.29, 1.82) is 0 Å². The Morgan fingerprint density at radius 2 is 1.77 bits per heavy atom. The SMILES string of the molecule is COc1ccc(OC)c(NC(=O)c2cc(-c3ccc(Cl)cc3)oc2C)c1. The van der Waals surface area contributed by atoms with Gasteiger partial charge in [-0.1, -0.05) is 11.6 Å². The summed E-state index contributed by atoms with van der Waals surface area (Å²) < 4.78 is 16.2. The summed E-state index contributed by atoms with van der Waals surface area (Å²) in [6, 6.07) is 14.1. The molecule has 5 nitrogen and oxygen atoms in total. The highest BCUT2D eigenvalue weighted by atomic mass is 35.5. The van der Waals surface area contributed by atoms with Crippen LogP contribution in [0.15, 0.2) is 52.9 Å². The predicted molar refractivity (Wildman–Crippen MR) is 101 cm³/mol. The van der Waals surface area contributed by atoms with Gasteiger partial charge in [-0.15, -0.1) is 0 Å². The van der Waals surface area contributed by atoms with E-state index < -0.39 is 0 Å². The molecule has 26 heavy (non-hydrogen) atoms. The van der Waals surface area contributed by atoms with E-state index in [4.69, 9.17) is 25.5 Å². The number of aryl methyl sites for hydroxylation is 1. The minimum absolute atomic E-state index is 0.294. The lowest BCUT2D eigenvalue weighted by molar-refractivity contribution is 0.102. The molecule has 0 aliphatic heterocycles. The summed E-state index contributed by atoms with van der Waals surface area (Å²) in [5.74, 6) is 1.99. The van der Waals surface area contributed by atoms with Crippen molar-refractivity contribution in [1.82, 2.24) is 0 Å². The molecule has 0 saturated carbocycles. The van der Waals surface area contributed by atoms with Crippen molar-refractivity contribution in [2.75, 3.05) is 19.5 Å². The van der Waals surface area contributed by atoms with Gasteiger partial charge in [0.15, 0.2) is 0 Å². The molecule has 0 unspecified atom stereocenters. The molecule has 1 N–H and O–H groups in total. The number of hydrogen-bond donors (Lipinski definition) is 1. The Labute approximate surface area is 156 Å². The van der Waals surface area contributed by atoms with Gasteiger partial charge in [-0.3, -0.25) is 4.79 Å². The average molecular weight is 372 g/mol. The number of carbonyl (C=O) groups is 1. The molecule has 0 aliphatic carbocycles. The monoisotopic (exact) mass is 371 g/mol. The Bertz CT molecular complexity index is 931. The fraction of sp³-hybridized carbons (Fsp3) is 0.150. The third-order valence-electron chi connectivity index (χ3n) is 3.95. The number of halogens is 1. The molecule has 0 saturated heterocycles. The van der Waals surface area contributed by atoms with Crippen LogP contribution in [0.3, 0.4) is 0 Å². The maximum Gasteiger partial charge on any atom is 0.259 e. The van der Waals surface area contributed by atoms with Crippen LogP contribution >= 0.6 is 11.6 Å². The zero-order chi connectivity index (χ0) is 18.7. The van der Waals surface area contributed by atoms with E-state index in [0.717, 1.165) is 5.56 Å². The third kappa shape index (κ3) is 3.68.